The summed E-state index contributed by atoms with van der Waals surface area (Å²) in [6, 6.07) is 28.1. The molecule has 0 radical (unpaired) electrons. The standard InChI is InChI=1S/C42H50O4/c1-39(2)33-21-23-41(39,5)35(31(33)25-27-13-9-7-10-14-27)45-37(43)29-17-19-30(20-18-29)38(44)46-36-32(26-28-15-11-8-12-16-28)34-22-24-42(36,6)40(34,3)4/h7-20,31-36H,21-26H2,1-6H3/t31-,32-,33-,34-,35+,36+,41+,42+/m0/s1. The van der Waals surface area contributed by atoms with Crippen molar-refractivity contribution in [2.45, 2.75) is 92.3 Å². The van der Waals surface area contributed by atoms with E-state index in [4.69, 9.17) is 9.47 Å². The molecule has 46 heavy (non-hydrogen) atoms. The molecule has 4 aliphatic carbocycles. The summed E-state index contributed by atoms with van der Waals surface area (Å²) < 4.78 is 12.9. The van der Waals surface area contributed by atoms with Gasteiger partial charge in [-0.1, -0.05) is 102 Å². The van der Waals surface area contributed by atoms with Crippen molar-refractivity contribution < 1.29 is 19.1 Å². The Kier molecular flexibility index (Phi) is 7.53. The first kappa shape index (κ1) is 31.2. The molecule has 0 spiro atoms. The SMILES string of the molecule is CC1(C)[C@H]2CC[C@]1(C)[C@H](OC(=O)c1ccc(C(=O)O[C@@H]3[C@@H](Cc4ccccc4)[C@@H]4CC[C@@]3(C)C4(C)C)cc1)[C@H]2Cc1ccccc1. The van der Waals surface area contributed by atoms with Gasteiger partial charge in [0.2, 0.25) is 0 Å². The third-order valence-corrected chi connectivity index (χ3v) is 14.3. The largest absolute Gasteiger partial charge is 0.458 e. The molecule has 3 aromatic rings. The van der Waals surface area contributed by atoms with E-state index in [0.29, 0.717) is 23.0 Å². The summed E-state index contributed by atoms with van der Waals surface area (Å²) >= 11 is 0. The molecule has 0 unspecified atom stereocenters. The van der Waals surface area contributed by atoms with E-state index < -0.39 is 0 Å². The Hall–Kier alpha value is -3.40. The van der Waals surface area contributed by atoms with Gasteiger partial charge in [0.15, 0.2) is 0 Å². The summed E-state index contributed by atoms with van der Waals surface area (Å²) in [5, 5.41) is 0. The summed E-state index contributed by atoms with van der Waals surface area (Å²) in [6.07, 6.45) is 6.02. The van der Waals surface area contributed by atoms with Crippen LogP contribution in [0.15, 0.2) is 84.9 Å². The molecule has 0 aliphatic heterocycles. The van der Waals surface area contributed by atoms with E-state index in [1.165, 1.54) is 24.0 Å². The molecule has 4 bridgehead atoms. The average molecular weight is 619 g/mol. The van der Waals surface area contributed by atoms with E-state index in [0.717, 1.165) is 25.7 Å². The summed E-state index contributed by atoms with van der Waals surface area (Å²) in [5.74, 6) is 0.971. The monoisotopic (exact) mass is 618 g/mol. The van der Waals surface area contributed by atoms with Crippen molar-refractivity contribution in [2.24, 2.45) is 45.3 Å². The zero-order valence-electron chi connectivity index (χ0n) is 28.4. The Labute approximate surface area is 275 Å². The number of ether oxygens (including phenoxy) is 2. The van der Waals surface area contributed by atoms with Crippen molar-refractivity contribution in [3.05, 3.63) is 107 Å². The van der Waals surface area contributed by atoms with Gasteiger partial charge in [-0.3, -0.25) is 0 Å². The number of hydrogen-bond acceptors (Lipinski definition) is 4. The molecule has 4 nitrogen and oxygen atoms in total. The van der Waals surface area contributed by atoms with E-state index in [1.54, 1.807) is 24.3 Å². The highest BCUT2D eigenvalue weighted by atomic mass is 16.6. The van der Waals surface area contributed by atoms with E-state index in [9.17, 15) is 9.59 Å². The lowest BCUT2D eigenvalue weighted by atomic mass is 9.70. The summed E-state index contributed by atoms with van der Waals surface area (Å²) in [4.78, 5) is 27.3. The molecule has 0 saturated heterocycles. The molecule has 8 atom stereocenters. The van der Waals surface area contributed by atoms with Crippen LogP contribution in [0.3, 0.4) is 0 Å². The quantitative estimate of drug-likeness (QED) is 0.236. The van der Waals surface area contributed by atoms with Crippen molar-refractivity contribution >= 4 is 11.9 Å². The highest BCUT2D eigenvalue weighted by Crippen LogP contribution is 2.70. The predicted octanol–water partition coefficient (Wildman–Crippen LogP) is 9.37. The van der Waals surface area contributed by atoms with Crippen molar-refractivity contribution in [3.63, 3.8) is 0 Å². The minimum absolute atomic E-state index is 0.0721. The summed E-state index contributed by atoms with van der Waals surface area (Å²) in [6.45, 7) is 14.1. The van der Waals surface area contributed by atoms with Gasteiger partial charge in [0.1, 0.15) is 12.2 Å². The number of esters is 2. The third-order valence-electron chi connectivity index (χ3n) is 14.3. The van der Waals surface area contributed by atoms with Gasteiger partial charge in [0, 0.05) is 22.7 Å². The summed E-state index contributed by atoms with van der Waals surface area (Å²) in [7, 11) is 0. The van der Waals surface area contributed by atoms with Crippen LogP contribution in [0.25, 0.3) is 0 Å². The van der Waals surface area contributed by atoms with Gasteiger partial charge in [-0.2, -0.15) is 0 Å². The second kappa shape index (κ2) is 11.1. The lowest BCUT2D eigenvalue weighted by Gasteiger charge is -2.39. The molecule has 0 heterocycles. The second-order valence-corrected chi connectivity index (χ2v) is 16.5. The fraction of sp³-hybridized carbons (Fsp3) is 0.524. The number of carbonyl (C=O) groups excluding carboxylic acids is 2. The van der Waals surface area contributed by atoms with Crippen LogP contribution in [0, 0.1) is 45.3 Å². The maximum Gasteiger partial charge on any atom is 0.338 e. The highest BCUT2D eigenvalue weighted by molar-refractivity contribution is 5.93. The van der Waals surface area contributed by atoms with Crippen LogP contribution in [-0.2, 0) is 22.3 Å². The van der Waals surface area contributed by atoms with Gasteiger partial charge >= 0.3 is 11.9 Å². The van der Waals surface area contributed by atoms with Gasteiger partial charge in [0.25, 0.3) is 0 Å². The van der Waals surface area contributed by atoms with Crippen LogP contribution in [0.5, 0.6) is 0 Å². The van der Waals surface area contributed by atoms with E-state index in [1.807, 2.05) is 0 Å². The van der Waals surface area contributed by atoms with Crippen molar-refractivity contribution in [1.82, 2.24) is 0 Å². The molecule has 4 saturated carbocycles. The highest BCUT2D eigenvalue weighted by Gasteiger charge is 2.68. The zero-order chi connectivity index (χ0) is 32.5. The Balaban J connectivity index is 1.07. The molecule has 0 N–H and O–H groups in total. The zero-order valence-corrected chi connectivity index (χ0v) is 28.4. The fourth-order valence-corrected chi connectivity index (χ4v) is 10.8. The smallest absolute Gasteiger partial charge is 0.338 e. The molecule has 0 amide bonds. The average Bonchev–Trinajstić information content (AvgIpc) is 3.54. The van der Waals surface area contributed by atoms with Crippen LogP contribution in [-0.4, -0.2) is 24.1 Å². The maximum atomic E-state index is 13.7. The number of fused-ring (bicyclic) bond motifs is 4. The first-order valence-corrected chi connectivity index (χ1v) is 17.5. The minimum atomic E-state index is -0.308. The van der Waals surface area contributed by atoms with Crippen LogP contribution < -0.4 is 0 Å². The fourth-order valence-electron chi connectivity index (χ4n) is 10.8. The normalized spacial score (nSPS) is 34.8. The molecule has 4 heteroatoms. The Bertz CT molecular complexity index is 1470. The first-order valence-electron chi connectivity index (χ1n) is 17.5. The van der Waals surface area contributed by atoms with Crippen LogP contribution in [0.2, 0.25) is 0 Å². The molecule has 0 aromatic heterocycles. The van der Waals surface area contributed by atoms with Gasteiger partial charge in [-0.05, 0) is 96.6 Å². The number of rotatable bonds is 8. The Morgan fingerprint density at radius 2 is 0.913 bits per heavy atom. The lowest BCUT2D eigenvalue weighted by Crippen LogP contribution is -2.41. The van der Waals surface area contributed by atoms with Crippen LogP contribution in [0.1, 0.15) is 99.1 Å². The summed E-state index contributed by atoms with van der Waals surface area (Å²) in [5.41, 5.74) is 3.59. The molecular weight excluding hydrogens is 568 g/mol. The van der Waals surface area contributed by atoms with Gasteiger partial charge in [0.05, 0.1) is 11.1 Å². The van der Waals surface area contributed by atoms with Crippen LogP contribution in [0.4, 0.5) is 0 Å². The molecule has 4 aliphatic rings. The predicted molar refractivity (Wildman–Crippen MR) is 181 cm³/mol. The number of benzene rings is 3. The van der Waals surface area contributed by atoms with Gasteiger partial charge < -0.3 is 9.47 Å². The lowest BCUT2D eigenvalue weighted by molar-refractivity contribution is -0.0417. The molecule has 3 aromatic carbocycles. The van der Waals surface area contributed by atoms with Crippen molar-refractivity contribution in [2.75, 3.05) is 0 Å². The first-order chi connectivity index (χ1) is 21.9. The number of hydrogen-bond donors (Lipinski definition) is 0. The van der Waals surface area contributed by atoms with E-state index in [2.05, 4.69) is 102 Å². The van der Waals surface area contributed by atoms with E-state index in [-0.39, 0.29) is 57.6 Å². The third kappa shape index (κ3) is 4.68. The topological polar surface area (TPSA) is 52.6 Å². The Morgan fingerprint density at radius 3 is 1.26 bits per heavy atom. The number of carbonyl (C=O) groups is 2. The minimum Gasteiger partial charge on any atom is -0.458 e. The molecule has 7 rings (SSSR count). The molecule has 4 fully saturated rings. The van der Waals surface area contributed by atoms with Gasteiger partial charge in [-0.25, -0.2) is 9.59 Å². The molecule has 242 valence electrons. The van der Waals surface area contributed by atoms with Gasteiger partial charge in [-0.15, -0.1) is 0 Å². The van der Waals surface area contributed by atoms with Crippen LogP contribution >= 0.6 is 0 Å². The second-order valence-electron chi connectivity index (χ2n) is 16.5. The van der Waals surface area contributed by atoms with E-state index >= 15 is 0 Å². The Morgan fingerprint density at radius 1 is 0.565 bits per heavy atom. The van der Waals surface area contributed by atoms with Crippen molar-refractivity contribution in [3.8, 4) is 0 Å². The molecular formula is C42H50O4. The van der Waals surface area contributed by atoms with Crippen molar-refractivity contribution in [1.29, 1.82) is 0 Å². The maximum absolute atomic E-state index is 13.7.